The molecule has 0 aromatic heterocycles. The van der Waals surface area contributed by atoms with Crippen LogP contribution in [0.25, 0.3) is 0 Å². The van der Waals surface area contributed by atoms with E-state index in [9.17, 15) is 9.59 Å². The summed E-state index contributed by atoms with van der Waals surface area (Å²) in [5.41, 5.74) is 4.38. The van der Waals surface area contributed by atoms with Crippen molar-refractivity contribution in [3.8, 4) is 0 Å². The molecule has 0 bridgehead atoms. The Labute approximate surface area is 224 Å². The first kappa shape index (κ1) is 27.8. The summed E-state index contributed by atoms with van der Waals surface area (Å²) in [7, 11) is 0. The number of halogens is 1. The molecule has 0 unspecified atom stereocenters. The van der Waals surface area contributed by atoms with Crippen LogP contribution in [-0.2, 0) is 28.3 Å². The van der Waals surface area contributed by atoms with Gasteiger partial charge in [-0.1, -0.05) is 92.2 Å². The third-order valence-electron chi connectivity index (χ3n) is 5.97. The fourth-order valence-electron chi connectivity index (χ4n) is 3.87. The van der Waals surface area contributed by atoms with Gasteiger partial charge >= 0.3 is 0 Å². The maximum atomic E-state index is 13.7. The molecular weight excluding hydrogens is 488 g/mol. The minimum atomic E-state index is -0.617. The van der Waals surface area contributed by atoms with Gasteiger partial charge in [-0.05, 0) is 47.2 Å². The van der Waals surface area contributed by atoms with E-state index in [1.165, 1.54) is 11.1 Å². The molecule has 0 aliphatic rings. The van der Waals surface area contributed by atoms with Crippen molar-refractivity contribution in [2.45, 2.75) is 45.5 Å². The number of amides is 2. The highest BCUT2D eigenvalue weighted by molar-refractivity contribution is 7.99. The van der Waals surface area contributed by atoms with Crippen molar-refractivity contribution in [2.24, 2.45) is 5.92 Å². The number of nitrogens with one attached hydrogen (secondary N) is 1. The van der Waals surface area contributed by atoms with Gasteiger partial charge in [0.25, 0.3) is 0 Å². The summed E-state index contributed by atoms with van der Waals surface area (Å²) < 4.78 is 0. The topological polar surface area (TPSA) is 49.4 Å². The van der Waals surface area contributed by atoms with Gasteiger partial charge in [0.1, 0.15) is 6.04 Å². The van der Waals surface area contributed by atoms with E-state index in [-0.39, 0.29) is 11.8 Å². The minimum absolute atomic E-state index is 0.0517. The lowest BCUT2D eigenvalue weighted by atomic mass is 10.0. The van der Waals surface area contributed by atoms with Gasteiger partial charge in [0.2, 0.25) is 11.8 Å². The average molecular weight is 523 g/mol. The lowest BCUT2D eigenvalue weighted by molar-refractivity contribution is -0.139. The van der Waals surface area contributed by atoms with Gasteiger partial charge in [0, 0.05) is 30.3 Å². The molecule has 0 heterocycles. The fraction of sp³-hybridized carbons (Fsp3) is 0.333. The van der Waals surface area contributed by atoms with E-state index in [0.717, 1.165) is 16.9 Å². The number of aryl methyl sites for hydroxylation is 1. The Balaban J connectivity index is 1.84. The van der Waals surface area contributed by atoms with E-state index < -0.39 is 6.04 Å². The van der Waals surface area contributed by atoms with Crippen LogP contribution < -0.4 is 5.32 Å². The normalized spacial score (nSPS) is 11.8. The van der Waals surface area contributed by atoms with Crippen LogP contribution in [0.15, 0.2) is 78.9 Å². The number of hydrogen-bond donors (Lipinski definition) is 1. The molecule has 0 aliphatic heterocycles. The largest absolute Gasteiger partial charge is 0.354 e. The van der Waals surface area contributed by atoms with Crippen LogP contribution in [-0.4, -0.2) is 35.1 Å². The standard InChI is InChI=1S/C30H35ClN2O2S/c1-22(2)18-32-30(35)28(17-24-10-5-4-6-11-24)33(19-25-13-15-27(31)16-14-25)29(34)21-36-20-26-12-8-7-9-23(26)3/h4-16,22,28H,17-21H2,1-3H3,(H,32,35)/t28-/m0/s1. The van der Waals surface area contributed by atoms with Gasteiger partial charge in [0.15, 0.2) is 0 Å². The van der Waals surface area contributed by atoms with Crippen LogP contribution in [0.1, 0.15) is 36.1 Å². The maximum absolute atomic E-state index is 13.7. The summed E-state index contributed by atoms with van der Waals surface area (Å²) in [6.45, 7) is 7.11. The van der Waals surface area contributed by atoms with Crippen molar-refractivity contribution >= 4 is 35.2 Å². The lowest BCUT2D eigenvalue weighted by Gasteiger charge is -2.32. The smallest absolute Gasteiger partial charge is 0.243 e. The lowest BCUT2D eigenvalue weighted by Crippen LogP contribution is -2.51. The molecule has 36 heavy (non-hydrogen) atoms. The van der Waals surface area contributed by atoms with E-state index in [2.05, 4.69) is 38.2 Å². The van der Waals surface area contributed by atoms with Crippen molar-refractivity contribution in [3.05, 3.63) is 106 Å². The van der Waals surface area contributed by atoms with Gasteiger partial charge < -0.3 is 10.2 Å². The zero-order chi connectivity index (χ0) is 25.9. The molecule has 0 saturated carbocycles. The highest BCUT2D eigenvalue weighted by Crippen LogP contribution is 2.20. The Morgan fingerprint density at radius 2 is 1.58 bits per heavy atom. The molecule has 1 atom stereocenters. The molecule has 3 rings (SSSR count). The number of thioether (sulfide) groups is 1. The van der Waals surface area contributed by atoms with Gasteiger partial charge in [-0.3, -0.25) is 9.59 Å². The molecule has 4 nitrogen and oxygen atoms in total. The first-order valence-electron chi connectivity index (χ1n) is 12.3. The molecule has 0 spiro atoms. The molecule has 190 valence electrons. The summed E-state index contributed by atoms with van der Waals surface area (Å²) in [6, 6.07) is 24.9. The number of carbonyl (C=O) groups is 2. The maximum Gasteiger partial charge on any atom is 0.243 e. The van der Waals surface area contributed by atoms with Crippen molar-refractivity contribution in [1.82, 2.24) is 10.2 Å². The number of rotatable bonds is 12. The molecule has 6 heteroatoms. The predicted molar refractivity (Wildman–Crippen MR) is 151 cm³/mol. The van der Waals surface area contributed by atoms with Gasteiger partial charge in [-0.25, -0.2) is 0 Å². The van der Waals surface area contributed by atoms with Crippen molar-refractivity contribution in [1.29, 1.82) is 0 Å². The zero-order valence-electron chi connectivity index (χ0n) is 21.2. The molecule has 0 radical (unpaired) electrons. The van der Waals surface area contributed by atoms with Crippen molar-refractivity contribution in [3.63, 3.8) is 0 Å². The SMILES string of the molecule is Cc1ccccc1CSCC(=O)N(Cc1ccc(Cl)cc1)[C@@H](Cc1ccccc1)C(=O)NCC(C)C. The van der Waals surface area contributed by atoms with Crippen LogP contribution in [0.5, 0.6) is 0 Å². The molecule has 1 N–H and O–H groups in total. The number of hydrogen-bond acceptors (Lipinski definition) is 3. The van der Waals surface area contributed by atoms with Crippen LogP contribution in [0, 0.1) is 12.8 Å². The summed E-state index contributed by atoms with van der Waals surface area (Å²) in [5.74, 6) is 1.18. The van der Waals surface area contributed by atoms with Gasteiger partial charge in [-0.2, -0.15) is 0 Å². The van der Waals surface area contributed by atoms with E-state index in [1.807, 2.05) is 66.7 Å². The first-order valence-corrected chi connectivity index (χ1v) is 13.8. The molecule has 2 amide bonds. The van der Waals surface area contributed by atoms with Crippen molar-refractivity contribution < 1.29 is 9.59 Å². The Kier molecular flexibility index (Phi) is 10.9. The van der Waals surface area contributed by atoms with Crippen LogP contribution in [0.2, 0.25) is 5.02 Å². The molecule has 0 saturated heterocycles. The Morgan fingerprint density at radius 1 is 0.917 bits per heavy atom. The van der Waals surface area contributed by atoms with E-state index >= 15 is 0 Å². The quantitative estimate of drug-likeness (QED) is 0.304. The second kappa shape index (κ2) is 14.1. The molecule has 0 fully saturated rings. The first-order chi connectivity index (χ1) is 17.3. The Morgan fingerprint density at radius 3 is 2.25 bits per heavy atom. The highest BCUT2D eigenvalue weighted by atomic mass is 35.5. The third-order valence-corrected chi connectivity index (χ3v) is 7.18. The molecule has 3 aromatic rings. The van der Waals surface area contributed by atoms with Crippen LogP contribution >= 0.6 is 23.4 Å². The number of nitrogens with zero attached hydrogens (tertiary/aromatic N) is 1. The number of carbonyl (C=O) groups excluding carboxylic acids is 2. The summed E-state index contributed by atoms with van der Waals surface area (Å²) in [6.07, 6.45) is 0.451. The monoisotopic (exact) mass is 522 g/mol. The fourth-order valence-corrected chi connectivity index (χ4v) is 4.98. The average Bonchev–Trinajstić information content (AvgIpc) is 2.87. The summed E-state index contributed by atoms with van der Waals surface area (Å²) in [5, 5.41) is 3.70. The van der Waals surface area contributed by atoms with Gasteiger partial charge in [0.05, 0.1) is 5.75 Å². The summed E-state index contributed by atoms with van der Waals surface area (Å²) in [4.78, 5) is 28.8. The Bertz CT molecular complexity index is 1120. The molecule has 3 aromatic carbocycles. The molecular formula is C30H35ClN2O2S. The second-order valence-electron chi connectivity index (χ2n) is 9.41. The Hall–Kier alpha value is -2.76. The van der Waals surface area contributed by atoms with E-state index in [1.54, 1.807) is 16.7 Å². The highest BCUT2D eigenvalue weighted by Gasteiger charge is 2.30. The van der Waals surface area contributed by atoms with Gasteiger partial charge in [-0.15, -0.1) is 11.8 Å². The summed E-state index contributed by atoms with van der Waals surface area (Å²) >= 11 is 7.67. The predicted octanol–water partition coefficient (Wildman–Crippen LogP) is 6.29. The zero-order valence-corrected chi connectivity index (χ0v) is 22.8. The van der Waals surface area contributed by atoms with E-state index in [4.69, 9.17) is 11.6 Å². The second-order valence-corrected chi connectivity index (χ2v) is 10.8. The van der Waals surface area contributed by atoms with Crippen LogP contribution in [0.3, 0.4) is 0 Å². The minimum Gasteiger partial charge on any atom is -0.354 e. The van der Waals surface area contributed by atoms with Crippen molar-refractivity contribution in [2.75, 3.05) is 12.3 Å². The molecule has 0 aliphatic carbocycles. The number of benzene rings is 3. The third kappa shape index (κ3) is 8.72. The van der Waals surface area contributed by atoms with E-state index in [0.29, 0.717) is 36.2 Å². The van der Waals surface area contributed by atoms with Crippen LogP contribution in [0.4, 0.5) is 0 Å².